The number of unbranched alkanes of at least 4 members (excludes halogenated alkanes) is 5. The van der Waals surface area contributed by atoms with Gasteiger partial charge in [-0.3, -0.25) is 0 Å². The van der Waals surface area contributed by atoms with Gasteiger partial charge in [0.1, 0.15) is 23.0 Å². The fourth-order valence-electron chi connectivity index (χ4n) is 7.77. The summed E-state index contributed by atoms with van der Waals surface area (Å²) in [5.74, 6) is 3.88. The lowest BCUT2D eigenvalue weighted by atomic mass is 9.62. The molecule has 4 N–H and O–H groups in total. The van der Waals surface area contributed by atoms with Crippen molar-refractivity contribution >= 4 is 11.4 Å². The molecule has 0 aliphatic heterocycles. The van der Waals surface area contributed by atoms with Crippen molar-refractivity contribution in [3.63, 3.8) is 0 Å². The molecule has 6 rings (SSSR count). The van der Waals surface area contributed by atoms with Crippen molar-refractivity contribution in [1.82, 2.24) is 0 Å². The molecular weight excluding hydrogens is 613 g/mol. The summed E-state index contributed by atoms with van der Waals surface area (Å²) in [5, 5.41) is 0. The molecule has 1 saturated carbocycles. The highest BCUT2D eigenvalue weighted by atomic mass is 16.5. The van der Waals surface area contributed by atoms with Crippen molar-refractivity contribution in [2.24, 2.45) is 0 Å². The molecule has 1 aliphatic rings. The van der Waals surface area contributed by atoms with Gasteiger partial charge in [0.25, 0.3) is 0 Å². The van der Waals surface area contributed by atoms with Crippen molar-refractivity contribution in [3.8, 4) is 23.0 Å². The van der Waals surface area contributed by atoms with Crippen molar-refractivity contribution in [2.45, 2.75) is 103 Å². The van der Waals surface area contributed by atoms with Crippen molar-refractivity contribution in [3.05, 3.63) is 143 Å². The van der Waals surface area contributed by atoms with E-state index in [0.717, 1.165) is 71.2 Å². The first kappa shape index (κ1) is 35.1. The van der Waals surface area contributed by atoms with Crippen LogP contribution in [0.3, 0.4) is 0 Å². The molecule has 0 atom stereocenters. The first-order chi connectivity index (χ1) is 24.3. The molecule has 1 fully saturated rings. The van der Waals surface area contributed by atoms with Gasteiger partial charge in [-0.25, -0.2) is 0 Å². The Morgan fingerprint density at radius 2 is 1.06 bits per heavy atom. The molecule has 0 saturated heterocycles. The Morgan fingerprint density at radius 3 is 1.54 bits per heavy atom. The zero-order valence-corrected chi connectivity index (χ0v) is 30.2. The number of nitrogen functional groups attached to an aromatic ring is 2. The number of rotatable bonds is 14. The summed E-state index contributed by atoms with van der Waals surface area (Å²) < 4.78 is 12.6. The van der Waals surface area contributed by atoms with Crippen LogP contribution in [-0.2, 0) is 11.8 Å². The van der Waals surface area contributed by atoms with Gasteiger partial charge in [-0.15, -0.1) is 0 Å². The van der Waals surface area contributed by atoms with E-state index in [0.29, 0.717) is 5.92 Å². The molecule has 0 spiro atoms. The Balaban J connectivity index is 1.19. The van der Waals surface area contributed by atoms with E-state index in [1.54, 1.807) is 0 Å². The lowest BCUT2D eigenvalue weighted by Gasteiger charge is -2.41. The third-order valence-electron chi connectivity index (χ3n) is 10.8. The molecule has 1 aliphatic carbocycles. The maximum atomic E-state index is 6.29. The van der Waals surface area contributed by atoms with Gasteiger partial charge >= 0.3 is 0 Å². The second-order valence-corrected chi connectivity index (χ2v) is 14.4. The van der Waals surface area contributed by atoms with E-state index in [4.69, 9.17) is 20.9 Å². The largest absolute Gasteiger partial charge is 0.457 e. The topological polar surface area (TPSA) is 70.5 Å². The van der Waals surface area contributed by atoms with E-state index in [-0.39, 0.29) is 5.41 Å². The summed E-state index contributed by atoms with van der Waals surface area (Å²) in [4.78, 5) is 0. The predicted molar refractivity (Wildman–Crippen MR) is 210 cm³/mol. The van der Waals surface area contributed by atoms with Gasteiger partial charge < -0.3 is 20.9 Å². The first-order valence-electron chi connectivity index (χ1n) is 18.7. The highest BCUT2D eigenvalue weighted by Crippen LogP contribution is 2.50. The molecule has 0 unspecified atom stereocenters. The summed E-state index contributed by atoms with van der Waals surface area (Å²) in [6.45, 7) is 6.33. The smallest absolute Gasteiger partial charge is 0.130 e. The standard InChI is InChI=1S/C46H54N2O2/c1-4-5-6-7-8-9-10-35-11-13-36(14-12-35)37-27-29-46(30-28-37,38-15-21-42(22-16-38)49-44-25-19-40(47)31-33(44)2)39-17-23-43(24-18-39)50-45-26-20-41(48)32-34(45)3/h11-26,31-32,37H,4-10,27-30,47-48H2,1-3H3. The Labute approximate surface area is 299 Å². The minimum atomic E-state index is -0.0977. The molecule has 0 aromatic heterocycles. The first-order valence-corrected chi connectivity index (χ1v) is 18.7. The van der Waals surface area contributed by atoms with Crippen LogP contribution in [0, 0.1) is 13.8 Å². The van der Waals surface area contributed by atoms with Crippen molar-refractivity contribution in [2.75, 3.05) is 11.5 Å². The van der Waals surface area contributed by atoms with E-state index in [2.05, 4.69) is 79.7 Å². The van der Waals surface area contributed by atoms with Crippen LogP contribution in [0.25, 0.3) is 0 Å². The van der Waals surface area contributed by atoms with E-state index < -0.39 is 0 Å². The molecule has 5 aromatic carbocycles. The summed E-state index contributed by atoms with van der Waals surface area (Å²) in [6, 6.07) is 38.6. The number of hydrogen-bond donors (Lipinski definition) is 2. The second-order valence-electron chi connectivity index (χ2n) is 14.4. The quantitative estimate of drug-likeness (QED) is 0.0914. The van der Waals surface area contributed by atoms with Crippen LogP contribution in [0.15, 0.2) is 109 Å². The molecule has 4 nitrogen and oxygen atoms in total. The van der Waals surface area contributed by atoms with Crippen LogP contribution in [0.2, 0.25) is 0 Å². The molecule has 50 heavy (non-hydrogen) atoms. The number of ether oxygens (including phenoxy) is 2. The Kier molecular flexibility index (Phi) is 11.5. The van der Waals surface area contributed by atoms with E-state index >= 15 is 0 Å². The Hall–Kier alpha value is -4.70. The zero-order chi connectivity index (χ0) is 34.9. The Bertz CT molecular complexity index is 1720. The lowest BCUT2D eigenvalue weighted by molar-refractivity contribution is 0.314. The van der Waals surface area contributed by atoms with Crippen LogP contribution in [0.5, 0.6) is 23.0 Å². The molecule has 260 valence electrons. The monoisotopic (exact) mass is 666 g/mol. The number of aryl methyl sites for hydroxylation is 3. The summed E-state index contributed by atoms with van der Waals surface area (Å²) in [6.07, 6.45) is 13.7. The van der Waals surface area contributed by atoms with Gasteiger partial charge in [0.05, 0.1) is 0 Å². The molecule has 0 bridgehead atoms. The Morgan fingerprint density at radius 1 is 0.580 bits per heavy atom. The van der Waals surface area contributed by atoms with Gasteiger partial charge in [-0.2, -0.15) is 0 Å². The van der Waals surface area contributed by atoms with Gasteiger partial charge in [0.2, 0.25) is 0 Å². The van der Waals surface area contributed by atoms with Crippen molar-refractivity contribution < 1.29 is 9.47 Å². The van der Waals surface area contributed by atoms with Gasteiger partial charge in [0, 0.05) is 16.8 Å². The summed E-state index contributed by atoms with van der Waals surface area (Å²) in [5.41, 5.74) is 21.0. The number of anilines is 2. The fourth-order valence-corrected chi connectivity index (χ4v) is 7.77. The molecule has 0 heterocycles. The normalized spacial score (nSPS) is 14.4. The summed E-state index contributed by atoms with van der Waals surface area (Å²) in [7, 11) is 0. The average molecular weight is 667 g/mol. The minimum absolute atomic E-state index is 0.0977. The average Bonchev–Trinajstić information content (AvgIpc) is 3.13. The van der Waals surface area contributed by atoms with Gasteiger partial charge in [0.15, 0.2) is 0 Å². The van der Waals surface area contributed by atoms with Crippen LogP contribution in [0.4, 0.5) is 11.4 Å². The van der Waals surface area contributed by atoms with E-state index in [1.165, 1.54) is 67.2 Å². The molecule has 0 amide bonds. The summed E-state index contributed by atoms with van der Waals surface area (Å²) >= 11 is 0. The predicted octanol–water partition coefficient (Wildman–Crippen LogP) is 12.6. The maximum Gasteiger partial charge on any atom is 0.130 e. The fraction of sp³-hybridized carbons (Fsp3) is 0.348. The zero-order valence-electron chi connectivity index (χ0n) is 30.2. The highest BCUT2D eigenvalue weighted by Gasteiger charge is 2.39. The number of hydrogen-bond acceptors (Lipinski definition) is 4. The van der Waals surface area contributed by atoms with Crippen LogP contribution < -0.4 is 20.9 Å². The lowest BCUT2D eigenvalue weighted by Crippen LogP contribution is -2.32. The maximum absolute atomic E-state index is 6.29. The van der Waals surface area contributed by atoms with Crippen LogP contribution in [0.1, 0.15) is 110 Å². The minimum Gasteiger partial charge on any atom is -0.457 e. The van der Waals surface area contributed by atoms with E-state index in [9.17, 15) is 0 Å². The SMILES string of the molecule is CCCCCCCCc1ccc(C2CCC(c3ccc(Oc4ccc(N)cc4C)cc3)(c3ccc(Oc4ccc(N)cc4C)cc3)CC2)cc1. The number of benzene rings is 5. The number of nitrogens with two attached hydrogens (primary N) is 2. The van der Waals surface area contributed by atoms with E-state index in [1.807, 2.05) is 50.2 Å². The van der Waals surface area contributed by atoms with Crippen LogP contribution in [-0.4, -0.2) is 0 Å². The van der Waals surface area contributed by atoms with Gasteiger partial charge in [-0.05, 0) is 152 Å². The molecule has 0 radical (unpaired) electrons. The third-order valence-corrected chi connectivity index (χ3v) is 10.8. The van der Waals surface area contributed by atoms with Gasteiger partial charge in [-0.1, -0.05) is 87.6 Å². The molecular formula is C46H54N2O2. The second kappa shape index (κ2) is 16.3. The molecule has 4 heteroatoms. The van der Waals surface area contributed by atoms with Crippen molar-refractivity contribution in [1.29, 1.82) is 0 Å². The van der Waals surface area contributed by atoms with Crippen LogP contribution >= 0.6 is 0 Å². The highest BCUT2D eigenvalue weighted by molar-refractivity contribution is 5.51. The molecule has 5 aromatic rings. The third kappa shape index (κ3) is 8.53.